The van der Waals surface area contributed by atoms with Crippen LogP contribution in [-0.4, -0.2) is 40.8 Å². The Morgan fingerprint density at radius 1 is 1.35 bits per heavy atom. The van der Waals surface area contributed by atoms with Gasteiger partial charge < -0.3 is 10.2 Å². The second kappa shape index (κ2) is 6.22. The standard InChI is InChI=1S/C15H23N5/c1-2-10-19(12-13-6-8-16-9-7-13)15-17-14-5-3-4-11-20(14)18-15/h3-5,11,13,16H,2,6-10,12H2,1H3. The van der Waals surface area contributed by atoms with Gasteiger partial charge in [0.05, 0.1) is 0 Å². The van der Waals surface area contributed by atoms with Gasteiger partial charge in [-0.15, -0.1) is 5.10 Å². The smallest absolute Gasteiger partial charge is 0.245 e. The molecule has 0 unspecified atom stereocenters. The fourth-order valence-corrected chi connectivity index (χ4v) is 2.87. The summed E-state index contributed by atoms with van der Waals surface area (Å²) in [4.78, 5) is 7.01. The van der Waals surface area contributed by atoms with Gasteiger partial charge in [0.2, 0.25) is 5.95 Å². The summed E-state index contributed by atoms with van der Waals surface area (Å²) < 4.78 is 1.86. The predicted octanol–water partition coefficient (Wildman–Crippen LogP) is 1.95. The molecule has 0 aromatic carbocycles. The number of nitrogens with one attached hydrogen (secondary N) is 1. The Morgan fingerprint density at radius 3 is 2.95 bits per heavy atom. The molecule has 108 valence electrons. The van der Waals surface area contributed by atoms with E-state index in [9.17, 15) is 0 Å². The maximum absolute atomic E-state index is 4.66. The molecule has 0 radical (unpaired) electrons. The van der Waals surface area contributed by atoms with E-state index in [0.717, 1.165) is 50.1 Å². The van der Waals surface area contributed by atoms with Gasteiger partial charge in [0, 0.05) is 19.3 Å². The average Bonchev–Trinajstić information content (AvgIpc) is 2.92. The fourth-order valence-electron chi connectivity index (χ4n) is 2.87. The lowest BCUT2D eigenvalue weighted by Crippen LogP contribution is -2.37. The van der Waals surface area contributed by atoms with Crippen molar-refractivity contribution >= 4 is 11.6 Å². The third-order valence-corrected chi connectivity index (χ3v) is 3.94. The van der Waals surface area contributed by atoms with Crippen LogP contribution in [0.25, 0.3) is 5.65 Å². The first-order valence-corrected chi connectivity index (χ1v) is 7.64. The van der Waals surface area contributed by atoms with E-state index >= 15 is 0 Å². The van der Waals surface area contributed by atoms with Crippen molar-refractivity contribution in [3.8, 4) is 0 Å². The van der Waals surface area contributed by atoms with Crippen LogP contribution in [0.5, 0.6) is 0 Å². The van der Waals surface area contributed by atoms with E-state index in [4.69, 9.17) is 0 Å². The Morgan fingerprint density at radius 2 is 2.20 bits per heavy atom. The van der Waals surface area contributed by atoms with Crippen molar-refractivity contribution in [2.75, 3.05) is 31.1 Å². The molecule has 0 amide bonds. The first-order chi connectivity index (χ1) is 9.86. The van der Waals surface area contributed by atoms with Crippen LogP contribution in [-0.2, 0) is 0 Å². The number of aromatic nitrogens is 3. The highest BCUT2D eigenvalue weighted by Gasteiger charge is 2.19. The largest absolute Gasteiger partial charge is 0.339 e. The van der Waals surface area contributed by atoms with E-state index in [-0.39, 0.29) is 0 Å². The SMILES string of the molecule is CCCN(CC1CCNCC1)c1nc2ccccn2n1. The minimum atomic E-state index is 0.759. The van der Waals surface area contributed by atoms with Gasteiger partial charge in [0.1, 0.15) is 0 Å². The lowest BCUT2D eigenvalue weighted by molar-refractivity contribution is 0.372. The number of hydrogen-bond donors (Lipinski definition) is 1. The van der Waals surface area contributed by atoms with Crippen LogP contribution in [0.3, 0.4) is 0 Å². The van der Waals surface area contributed by atoms with Gasteiger partial charge in [0.25, 0.3) is 0 Å². The van der Waals surface area contributed by atoms with Crippen LogP contribution in [0.4, 0.5) is 5.95 Å². The highest BCUT2D eigenvalue weighted by molar-refractivity contribution is 5.44. The molecule has 0 atom stereocenters. The van der Waals surface area contributed by atoms with Crippen LogP contribution in [0.2, 0.25) is 0 Å². The predicted molar refractivity (Wildman–Crippen MR) is 81.1 cm³/mol. The Hall–Kier alpha value is -1.62. The van der Waals surface area contributed by atoms with E-state index in [1.165, 1.54) is 12.8 Å². The molecule has 1 aliphatic rings. The van der Waals surface area contributed by atoms with Crippen LogP contribution < -0.4 is 10.2 Å². The molecule has 3 heterocycles. The molecule has 0 bridgehead atoms. The molecule has 0 saturated carbocycles. The molecular formula is C15H23N5. The first-order valence-electron chi connectivity index (χ1n) is 7.64. The third-order valence-electron chi connectivity index (χ3n) is 3.94. The molecule has 0 spiro atoms. The van der Waals surface area contributed by atoms with E-state index in [0.29, 0.717) is 0 Å². The molecule has 20 heavy (non-hydrogen) atoms. The Balaban J connectivity index is 1.77. The lowest BCUT2D eigenvalue weighted by atomic mass is 9.97. The normalized spacial score (nSPS) is 16.6. The van der Waals surface area contributed by atoms with Gasteiger partial charge in [0.15, 0.2) is 5.65 Å². The zero-order valence-corrected chi connectivity index (χ0v) is 12.1. The van der Waals surface area contributed by atoms with Gasteiger partial charge in [-0.3, -0.25) is 0 Å². The Bertz CT molecular complexity index is 511. The summed E-state index contributed by atoms with van der Waals surface area (Å²) in [6.45, 7) is 6.60. The summed E-state index contributed by atoms with van der Waals surface area (Å²) in [6, 6.07) is 6.00. The van der Waals surface area contributed by atoms with Gasteiger partial charge in [-0.05, 0) is 50.4 Å². The molecule has 1 aliphatic heterocycles. The highest BCUT2D eigenvalue weighted by Crippen LogP contribution is 2.18. The maximum Gasteiger partial charge on any atom is 0.245 e. The molecule has 5 nitrogen and oxygen atoms in total. The quantitative estimate of drug-likeness (QED) is 0.904. The van der Waals surface area contributed by atoms with Crippen molar-refractivity contribution < 1.29 is 0 Å². The van der Waals surface area contributed by atoms with Crippen LogP contribution >= 0.6 is 0 Å². The van der Waals surface area contributed by atoms with Crippen molar-refractivity contribution in [1.82, 2.24) is 19.9 Å². The van der Waals surface area contributed by atoms with Gasteiger partial charge >= 0.3 is 0 Å². The molecule has 1 N–H and O–H groups in total. The maximum atomic E-state index is 4.66. The summed E-state index contributed by atoms with van der Waals surface area (Å²) in [7, 11) is 0. The third kappa shape index (κ3) is 2.93. The Kier molecular flexibility index (Phi) is 4.16. The summed E-state index contributed by atoms with van der Waals surface area (Å²) in [5, 5.41) is 8.04. The summed E-state index contributed by atoms with van der Waals surface area (Å²) >= 11 is 0. The molecule has 1 fully saturated rings. The first kappa shape index (κ1) is 13.4. The highest BCUT2D eigenvalue weighted by atomic mass is 15.4. The number of piperidine rings is 1. The minimum absolute atomic E-state index is 0.759. The fraction of sp³-hybridized carbons (Fsp3) is 0.600. The topological polar surface area (TPSA) is 45.5 Å². The second-order valence-electron chi connectivity index (χ2n) is 5.55. The van der Waals surface area contributed by atoms with Crippen molar-refractivity contribution in [2.45, 2.75) is 26.2 Å². The Labute approximate surface area is 120 Å². The van der Waals surface area contributed by atoms with Gasteiger partial charge in [-0.1, -0.05) is 13.0 Å². The van der Waals surface area contributed by atoms with E-state index < -0.39 is 0 Å². The number of pyridine rings is 1. The zero-order valence-electron chi connectivity index (χ0n) is 12.1. The van der Waals surface area contributed by atoms with Crippen molar-refractivity contribution in [2.24, 2.45) is 5.92 Å². The minimum Gasteiger partial charge on any atom is -0.339 e. The molecule has 0 aliphatic carbocycles. The number of nitrogens with zero attached hydrogens (tertiary/aromatic N) is 4. The molecular weight excluding hydrogens is 250 g/mol. The van der Waals surface area contributed by atoms with Crippen LogP contribution in [0.1, 0.15) is 26.2 Å². The summed E-state index contributed by atoms with van der Waals surface area (Å²) in [6.07, 6.45) is 5.60. The molecule has 3 rings (SSSR count). The zero-order chi connectivity index (χ0) is 13.8. The molecule has 1 saturated heterocycles. The number of rotatable bonds is 5. The lowest BCUT2D eigenvalue weighted by Gasteiger charge is -2.29. The molecule has 2 aromatic rings. The van der Waals surface area contributed by atoms with E-state index in [2.05, 4.69) is 27.2 Å². The van der Waals surface area contributed by atoms with Crippen molar-refractivity contribution in [3.63, 3.8) is 0 Å². The van der Waals surface area contributed by atoms with E-state index in [1.54, 1.807) is 0 Å². The molecule has 2 aromatic heterocycles. The van der Waals surface area contributed by atoms with Crippen LogP contribution in [0.15, 0.2) is 24.4 Å². The van der Waals surface area contributed by atoms with Crippen molar-refractivity contribution in [3.05, 3.63) is 24.4 Å². The average molecular weight is 273 g/mol. The number of hydrogen-bond acceptors (Lipinski definition) is 4. The monoisotopic (exact) mass is 273 g/mol. The summed E-state index contributed by atoms with van der Waals surface area (Å²) in [5.41, 5.74) is 0.925. The molecule has 5 heteroatoms. The number of fused-ring (bicyclic) bond motifs is 1. The van der Waals surface area contributed by atoms with Gasteiger partial charge in [-0.25, -0.2) is 4.52 Å². The van der Waals surface area contributed by atoms with E-state index in [1.807, 2.05) is 28.9 Å². The second-order valence-corrected chi connectivity index (χ2v) is 5.55. The van der Waals surface area contributed by atoms with Crippen LogP contribution in [0, 0.1) is 5.92 Å². The van der Waals surface area contributed by atoms with Gasteiger partial charge in [-0.2, -0.15) is 4.98 Å². The number of anilines is 1. The van der Waals surface area contributed by atoms with Crippen molar-refractivity contribution in [1.29, 1.82) is 0 Å². The summed E-state index contributed by atoms with van der Waals surface area (Å²) in [5.74, 6) is 1.63.